The zero-order chi connectivity index (χ0) is 20.0. The van der Waals surface area contributed by atoms with E-state index in [0.717, 1.165) is 16.7 Å². The van der Waals surface area contributed by atoms with Crippen LogP contribution in [0.3, 0.4) is 0 Å². The second-order valence-corrected chi connectivity index (χ2v) is 8.40. The Kier molecular flexibility index (Phi) is 6.57. The van der Waals surface area contributed by atoms with E-state index in [2.05, 4.69) is 10.0 Å². The first-order valence-corrected chi connectivity index (χ1v) is 10.5. The smallest absolute Gasteiger partial charge is 0.240 e. The molecule has 0 bridgehead atoms. The molecule has 0 aliphatic carbocycles. The van der Waals surface area contributed by atoms with Crippen molar-refractivity contribution in [1.29, 1.82) is 0 Å². The van der Waals surface area contributed by atoms with Crippen LogP contribution in [0.25, 0.3) is 0 Å². The first kappa shape index (κ1) is 20.2. The highest BCUT2D eigenvalue weighted by atomic mass is 32.2. The molecule has 3 aromatic carbocycles. The Labute approximate surface area is 165 Å². The molecule has 0 heterocycles. The standard InChI is InChI=1S/C22H23FN2O2S/c1-17-7-13-21(14-8-17)28(26,27)25-16-22(19-5-3-2-4-6-19)24-15-18-9-11-20(23)12-10-18/h2-14,22,24-25H,15-16H2,1H3/t22-/m0/s1. The number of rotatable bonds is 8. The number of aryl methyl sites for hydroxylation is 1. The largest absolute Gasteiger partial charge is 0.305 e. The second kappa shape index (κ2) is 9.10. The van der Waals surface area contributed by atoms with E-state index in [1.807, 2.05) is 37.3 Å². The van der Waals surface area contributed by atoms with Gasteiger partial charge in [0.2, 0.25) is 10.0 Å². The average molecular weight is 399 g/mol. The van der Waals surface area contributed by atoms with E-state index in [1.54, 1.807) is 36.4 Å². The SMILES string of the molecule is Cc1ccc(S(=O)(=O)NC[C@H](NCc2ccc(F)cc2)c2ccccc2)cc1. The van der Waals surface area contributed by atoms with E-state index < -0.39 is 10.0 Å². The molecule has 6 heteroatoms. The number of halogens is 1. The van der Waals surface area contributed by atoms with Crippen molar-refractivity contribution >= 4 is 10.0 Å². The van der Waals surface area contributed by atoms with Gasteiger partial charge in [-0.25, -0.2) is 17.5 Å². The number of hydrogen-bond acceptors (Lipinski definition) is 3. The van der Waals surface area contributed by atoms with Crippen molar-refractivity contribution in [1.82, 2.24) is 10.0 Å². The van der Waals surface area contributed by atoms with Crippen molar-refractivity contribution in [2.75, 3.05) is 6.54 Å². The predicted octanol–water partition coefficient (Wildman–Crippen LogP) is 3.94. The first-order valence-electron chi connectivity index (χ1n) is 9.03. The quantitative estimate of drug-likeness (QED) is 0.604. The molecule has 146 valence electrons. The molecule has 28 heavy (non-hydrogen) atoms. The highest BCUT2D eigenvalue weighted by Gasteiger charge is 2.18. The van der Waals surface area contributed by atoms with Gasteiger partial charge in [0, 0.05) is 19.1 Å². The summed E-state index contributed by atoms with van der Waals surface area (Å²) >= 11 is 0. The minimum Gasteiger partial charge on any atom is -0.305 e. The minimum atomic E-state index is -3.61. The van der Waals surface area contributed by atoms with E-state index in [-0.39, 0.29) is 23.3 Å². The maximum absolute atomic E-state index is 13.1. The molecular weight excluding hydrogens is 375 g/mol. The zero-order valence-corrected chi connectivity index (χ0v) is 16.4. The van der Waals surface area contributed by atoms with Crippen molar-refractivity contribution in [3.8, 4) is 0 Å². The summed E-state index contributed by atoms with van der Waals surface area (Å²) in [5, 5.41) is 3.36. The van der Waals surface area contributed by atoms with Gasteiger partial charge in [-0.3, -0.25) is 0 Å². The molecule has 3 aromatic rings. The highest BCUT2D eigenvalue weighted by molar-refractivity contribution is 7.89. The van der Waals surface area contributed by atoms with Crippen molar-refractivity contribution in [2.24, 2.45) is 0 Å². The fraction of sp³-hybridized carbons (Fsp3) is 0.182. The van der Waals surface area contributed by atoms with Crippen molar-refractivity contribution in [3.63, 3.8) is 0 Å². The van der Waals surface area contributed by atoms with Crippen LogP contribution in [0.5, 0.6) is 0 Å². The van der Waals surface area contributed by atoms with Crippen molar-refractivity contribution in [2.45, 2.75) is 24.4 Å². The van der Waals surface area contributed by atoms with Gasteiger partial charge in [-0.05, 0) is 42.3 Å². The summed E-state index contributed by atoms with van der Waals surface area (Å²) in [5.74, 6) is -0.283. The van der Waals surface area contributed by atoms with Crippen LogP contribution in [0.1, 0.15) is 22.7 Å². The summed E-state index contributed by atoms with van der Waals surface area (Å²) in [7, 11) is -3.61. The van der Waals surface area contributed by atoms with Crippen molar-refractivity contribution < 1.29 is 12.8 Å². The number of benzene rings is 3. The molecule has 2 N–H and O–H groups in total. The number of nitrogens with one attached hydrogen (secondary N) is 2. The Balaban J connectivity index is 1.72. The van der Waals surface area contributed by atoms with E-state index in [9.17, 15) is 12.8 Å². The van der Waals surface area contributed by atoms with Crippen LogP contribution in [0.2, 0.25) is 0 Å². The van der Waals surface area contributed by atoms with Crippen LogP contribution in [0.15, 0.2) is 83.8 Å². The molecular formula is C22H23FN2O2S. The molecule has 0 radical (unpaired) electrons. The van der Waals surface area contributed by atoms with E-state index >= 15 is 0 Å². The maximum atomic E-state index is 13.1. The molecule has 0 spiro atoms. The molecule has 0 unspecified atom stereocenters. The van der Waals surface area contributed by atoms with Crippen LogP contribution in [0.4, 0.5) is 4.39 Å². The first-order chi connectivity index (χ1) is 13.4. The van der Waals surface area contributed by atoms with Crippen LogP contribution in [0, 0.1) is 12.7 Å². The van der Waals surface area contributed by atoms with Crippen LogP contribution < -0.4 is 10.0 Å². The van der Waals surface area contributed by atoms with Gasteiger partial charge in [-0.2, -0.15) is 0 Å². The lowest BCUT2D eigenvalue weighted by Gasteiger charge is -2.20. The third-order valence-corrected chi connectivity index (χ3v) is 5.92. The van der Waals surface area contributed by atoms with Gasteiger partial charge in [-0.15, -0.1) is 0 Å². The molecule has 3 rings (SSSR count). The molecule has 0 saturated carbocycles. The van der Waals surface area contributed by atoms with Gasteiger partial charge < -0.3 is 5.32 Å². The van der Waals surface area contributed by atoms with Gasteiger partial charge in [0.25, 0.3) is 0 Å². The molecule has 0 fully saturated rings. The summed E-state index contributed by atoms with van der Waals surface area (Å²) in [6.45, 7) is 2.60. The molecule has 4 nitrogen and oxygen atoms in total. The molecule has 1 atom stereocenters. The van der Waals surface area contributed by atoms with Crippen LogP contribution in [-0.2, 0) is 16.6 Å². The summed E-state index contributed by atoms with van der Waals surface area (Å²) < 4.78 is 41.0. The number of sulfonamides is 1. The summed E-state index contributed by atoms with van der Waals surface area (Å²) in [6.07, 6.45) is 0. The van der Waals surface area contributed by atoms with Gasteiger partial charge >= 0.3 is 0 Å². The molecule has 0 aromatic heterocycles. The lowest BCUT2D eigenvalue weighted by Crippen LogP contribution is -2.34. The lowest BCUT2D eigenvalue weighted by molar-refractivity contribution is 0.512. The third-order valence-electron chi connectivity index (χ3n) is 4.48. The predicted molar refractivity (Wildman–Crippen MR) is 109 cm³/mol. The van der Waals surface area contributed by atoms with Gasteiger partial charge in [-0.1, -0.05) is 60.2 Å². The fourth-order valence-corrected chi connectivity index (χ4v) is 3.88. The minimum absolute atomic E-state index is 0.196. The third kappa shape index (κ3) is 5.48. The molecule has 0 aliphatic heterocycles. The zero-order valence-electron chi connectivity index (χ0n) is 15.6. The Hall–Kier alpha value is -2.54. The van der Waals surface area contributed by atoms with E-state index in [4.69, 9.17) is 0 Å². The molecule has 0 amide bonds. The summed E-state index contributed by atoms with van der Waals surface area (Å²) in [4.78, 5) is 0.239. The van der Waals surface area contributed by atoms with Crippen molar-refractivity contribution in [3.05, 3.63) is 101 Å². The topological polar surface area (TPSA) is 58.2 Å². The Morgan fingerprint density at radius 2 is 1.54 bits per heavy atom. The summed E-state index contributed by atoms with van der Waals surface area (Å²) in [5.41, 5.74) is 2.89. The Morgan fingerprint density at radius 3 is 2.18 bits per heavy atom. The second-order valence-electron chi connectivity index (χ2n) is 6.64. The fourth-order valence-electron chi connectivity index (χ4n) is 2.83. The molecule has 0 aliphatic rings. The Morgan fingerprint density at radius 1 is 0.893 bits per heavy atom. The number of hydrogen-bond donors (Lipinski definition) is 2. The van der Waals surface area contributed by atoms with Crippen LogP contribution >= 0.6 is 0 Å². The lowest BCUT2D eigenvalue weighted by atomic mass is 10.1. The van der Waals surface area contributed by atoms with Gasteiger partial charge in [0.15, 0.2) is 0 Å². The summed E-state index contributed by atoms with van der Waals surface area (Å²) in [6, 6.07) is 22.4. The highest BCUT2D eigenvalue weighted by Crippen LogP contribution is 2.15. The van der Waals surface area contributed by atoms with Crippen LogP contribution in [-0.4, -0.2) is 15.0 Å². The average Bonchev–Trinajstić information content (AvgIpc) is 2.70. The Bertz CT molecular complexity index is 989. The van der Waals surface area contributed by atoms with Gasteiger partial charge in [0.1, 0.15) is 5.82 Å². The molecule has 0 saturated heterocycles. The van der Waals surface area contributed by atoms with E-state index in [0.29, 0.717) is 6.54 Å². The normalized spacial score (nSPS) is 12.6. The monoisotopic (exact) mass is 398 g/mol. The van der Waals surface area contributed by atoms with E-state index in [1.165, 1.54) is 12.1 Å². The maximum Gasteiger partial charge on any atom is 0.240 e. The van der Waals surface area contributed by atoms with Gasteiger partial charge in [0.05, 0.1) is 4.90 Å².